The van der Waals surface area contributed by atoms with Crippen LogP contribution in [0.15, 0.2) is 10.2 Å². The Bertz CT molecular complexity index is 489. The fourth-order valence-electron chi connectivity index (χ4n) is 2.15. The number of hydrogen-bond acceptors (Lipinski definition) is 8. The Balaban J connectivity index is 5.26. The third-order valence-electron chi connectivity index (χ3n) is 2.74. The maximum absolute atomic E-state index is 11.8. The lowest BCUT2D eigenvalue weighted by molar-refractivity contribution is -0.900. The maximum atomic E-state index is 11.8. The lowest BCUT2D eigenvalue weighted by Crippen LogP contribution is -2.49. The van der Waals surface area contributed by atoms with Crippen molar-refractivity contribution in [1.29, 1.82) is 0 Å². The van der Waals surface area contributed by atoms with Crippen molar-refractivity contribution >= 4 is 23.4 Å². The number of likely N-dealkylation sites (N-methyl/N-ethyl adjacent to an activating group) is 2. The second-order valence-electron chi connectivity index (χ2n) is 6.77. The largest absolute Gasteiger partial charge is 0.852 e. The zero-order valence-electron chi connectivity index (χ0n) is 14.9. The van der Waals surface area contributed by atoms with Gasteiger partial charge in [-0.1, -0.05) is 10.2 Å². The predicted octanol–water partition coefficient (Wildman–Crippen LogP) is -3.61. The first-order valence-corrected chi connectivity index (χ1v) is 7.32. The van der Waals surface area contributed by atoms with Gasteiger partial charge < -0.3 is 20.4 Å². The van der Waals surface area contributed by atoms with Crippen LogP contribution in [0.25, 0.3) is 0 Å². The summed E-state index contributed by atoms with van der Waals surface area (Å²) in [6, 6.07) is 0. The first-order chi connectivity index (χ1) is 10.7. The Morgan fingerprint density at radius 3 is 1.29 bits per heavy atom. The molecular formula is C14H26N4O6. The molecule has 0 radical (unpaired) electrons. The number of Topliss-reactive ketones (excluding diaryl/α,β-unsaturated/α-hetero) is 2. The molecule has 2 unspecified atom stereocenters. The van der Waals surface area contributed by atoms with Crippen LogP contribution < -0.4 is 10.2 Å². The molecule has 2 N–H and O–H groups in total. The van der Waals surface area contributed by atoms with Crippen LogP contribution in [0.2, 0.25) is 0 Å². The summed E-state index contributed by atoms with van der Waals surface area (Å²) in [5.41, 5.74) is 0. The van der Waals surface area contributed by atoms with Gasteiger partial charge in [0.1, 0.15) is 25.3 Å². The van der Waals surface area contributed by atoms with Gasteiger partial charge in [0.05, 0.1) is 40.0 Å². The minimum Gasteiger partial charge on any atom is -0.852 e. The van der Waals surface area contributed by atoms with E-state index in [2.05, 4.69) is 10.2 Å². The average molecular weight is 346 g/mol. The second kappa shape index (κ2) is 8.29. The van der Waals surface area contributed by atoms with E-state index in [-0.39, 0.29) is 22.3 Å². The molecule has 0 aromatic carbocycles. The fourth-order valence-corrected chi connectivity index (χ4v) is 2.15. The summed E-state index contributed by atoms with van der Waals surface area (Å²) in [6.07, 6.45) is -1.56. The molecule has 0 bridgehead atoms. The van der Waals surface area contributed by atoms with Gasteiger partial charge in [-0.2, -0.15) is 0 Å². The van der Waals surface area contributed by atoms with Crippen molar-refractivity contribution < 1.29 is 39.2 Å². The van der Waals surface area contributed by atoms with E-state index in [1.807, 2.05) is 0 Å². The number of nitrogens with zero attached hydrogens (tertiary/aromatic N) is 4. The molecule has 0 fully saturated rings. The summed E-state index contributed by atoms with van der Waals surface area (Å²) in [7, 11) is 5.82. The molecule has 10 heteroatoms. The molecule has 0 aromatic rings. The minimum absolute atomic E-state index is 0.0455. The molecule has 0 spiro atoms. The summed E-state index contributed by atoms with van der Waals surface area (Å²) in [4.78, 5) is 23.5. The molecule has 24 heavy (non-hydrogen) atoms. The topological polar surface area (TPSA) is 145 Å². The van der Waals surface area contributed by atoms with Crippen molar-refractivity contribution in [3.05, 3.63) is 0 Å². The third-order valence-corrected chi connectivity index (χ3v) is 2.74. The normalized spacial score (nSPS) is 16.7. The molecule has 0 aliphatic heterocycles. The van der Waals surface area contributed by atoms with Crippen LogP contribution in [0.3, 0.4) is 0 Å². The molecule has 2 atom stereocenters. The number of quaternary nitrogens is 2. The number of carbonyl (C=O) groups excluding carboxylic acids is 2. The Morgan fingerprint density at radius 1 is 0.833 bits per heavy atom. The highest BCUT2D eigenvalue weighted by atomic mass is 16.3. The number of ketones is 2. The molecule has 0 saturated carbocycles. The molecule has 0 saturated heterocycles. The van der Waals surface area contributed by atoms with Gasteiger partial charge in [-0.05, 0) is 13.8 Å². The smallest absolute Gasteiger partial charge is 0.243 e. The standard InChI is InChI=1S/C14H26N4O6/c1-9(19)7-17(3,4)15-13(23)11(21)12(22)14(24)16-18(5,6)8-10(2)20/h9-10,19-20H,7-8H2,1-6H3. The van der Waals surface area contributed by atoms with Crippen molar-refractivity contribution in [2.75, 3.05) is 41.3 Å². The van der Waals surface area contributed by atoms with Gasteiger partial charge in [0.25, 0.3) is 0 Å². The van der Waals surface area contributed by atoms with E-state index in [4.69, 9.17) is 0 Å². The molecule has 10 nitrogen and oxygen atoms in total. The molecule has 0 aliphatic carbocycles. The lowest BCUT2D eigenvalue weighted by Gasteiger charge is -2.27. The lowest BCUT2D eigenvalue weighted by atomic mass is 10.2. The highest BCUT2D eigenvalue weighted by molar-refractivity contribution is 6.76. The Morgan fingerprint density at radius 2 is 1.08 bits per heavy atom. The van der Waals surface area contributed by atoms with Crippen LogP contribution >= 0.6 is 0 Å². The van der Waals surface area contributed by atoms with E-state index in [0.29, 0.717) is 0 Å². The zero-order chi connectivity index (χ0) is 19.3. The Labute approximate surface area is 141 Å². The van der Waals surface area contributed by atoms with Crippen LogP contribution in [0, 0.1) is 0 Å². The monoisotopic (exact) mass is 346 g/mol. The second-order valence-corrected chi connectivity index (χ2v) is 6.77. The summed E-state index contributed by atoms with van der Waals surface area (Å²) < 4.78 is -0.741. The molecule has 138 valence electrons. The minimum atomic E-state index is -1.59. The van der Waals surface area contributed by atoms with E-state index in [9.17, 15) is 30.0 Å². The quantitative estimate of drug-likeness (QED) is 0.145. The van der Waals surface area contributed by atoms with Crippen LogP contribution in [0.5, 0.6) is 0 Å². The van der Waals surface area contributed by atoms with Crippen LogP contribution in [-0.2, 0) is 9.59 Å². The highest BCUT2D eigenvalue weighted by Gasteiger charge is 2.24. The van der Waals surface area contributed by atoms with E-state index in [1.165, 1.54) is 42.0 Å². The van der Waals surface area contributed by atoms with Gasteiger partial charge in [-0.25, -0.2) is 9.18 Å². The van der Waals surface area contributed by atoms with Crippen molar-refractivity contribution in [3.63, 3.8) is 0 Å². The molecule has 0 amide bonds. The van der Waals surface area contributed by atoms with Crippen LogP contribution in [-0.4, -0.2) is 96.2 Å². The fraction of sp³-hybridized carbons (Fsp3) is 0.714. The van der Waals surface area contributed by atoms with E-state index in [1.54, 1.807) is 0 Å². The number of aliphatic hydroxyl groups excluding tert-OH is 2. The van der Waals surface area contributed by atoms with E-state index >= 15 is 0 Å². The number of rotatable bonds is 9. The summed E-state index contributed by atoms with van der Waals surface area (Å²) >= 11 is 0. The van der Waals surface area contributed by atoms with Gasteiger partial charge in [-0.15, -0.1) is 0 Å². The number of carbonyl (C=O) groups is 2. The molecule has 0 aliphatic rings. The third kappa shape index (κ3) is 8.11. The van der Waals surface area contributed by atoms with Crippen molar-refractivity contribution in [2.45, 2.75) is 26.1 Å². The molecule has 0 aromatic heterocycles. The van der Waals surface area contributed by atoms with Gasteiger partial charge in [0.15, 0.2) is 0 Å². The first-order valence-electron chi connectivity index (χ1n) is 7.32. The average Bonchev–Trinajstić information content (AvgIpc) is 2.31. The Hall–Kier alpha value is -1.88. The van der Waals surface area contributed by atoms with Gasteiger partial charge in [0, 0.05) is 0 Å². The summed E-state index contributed by atoms with van der Waals surface area (Å²) in [6.45, 7) is 3.06. The van der Waals surface area contributed by atoms with Gasteiger partial charge in [0.2, 0.25) is 11.6 Å². The van der Waals surface area contributed by atoms with Crippen molar-refractivity contribution in [3.8, 4) is 0 Å². The van der Waals surface area contributed by atoms with Gasteiger partial charge in [-0.3, -0.25) is 9.59 Å². The van der Waals surface area contributed by atoms with Crippen molar-refractivity contribution in [1.82, 2.24) is 0 Å². The van der Waals surface area contributed by atoms with Crippen LogP contribution in [0.1, 0.15) is 13.8 Å². The molecular weight excluding hydrogens is 320 g/mol. The maximum Gasteiger partial charge on any atom is 0.243 e. The Kier molecular flexibility index (Phi) is 7.64. The zero-order valence-corrected chi connectivity index (χ0v) is 14.9. The summed E-state index contributed by atoms with van der Waals surface area (Å²) in [5, 5.41) is 49.2. The van der Waals surface area contributed by atoms with Gasteiger partial charge >= 0.3 is 0 Å². The summed E-state index contributed by atoms with van der Waals surface area (Å²) in [5.74, 6) is -5.93. The molecule has 0 heterocycles. The SMILES string of the molecule is CC(O)C[N+](C)(C)/N=C(\[O-])C(=O)C(=O)/C([O-])=N/[N+](C)(C)CC(C)O. The first kappa shape index (κ1) is 22.1. The molecule has 0 rings (SSSR count). The van der Waals surface area contributed by atoms with E-state index < -0.39 is 35.6 Å². The number of aliphatic hydroxyl groups is 2. The van der Waals surface area contributed by atoms with Crippen LogP contribution in [0.4, 0.5) is 0 Å². The van der Waals surface area contributed by atoms with E-state index in [0.717, 1.165) is 0 Å². The van der Waals surface area contributed by atoms with Crippen molar-refractivity contribution in [2.24, 2.45) is 10.2 Å². The predicted molar refractivity (Wildman–Crippen MR) is 82.2 cm³/mol. The highest BCUT2D eigenvalue weighted by Crippen LogP contribution is 2.03. The number of hydrogen-bond donors (Lipinski definition) is 2.